The molecule has 1 atom stereocenters. The summed E-state index contributed by atoms with van der Waals surface area (Å²) in [6, 6.07) is 16.9. The fraction of sp³-hybridized carbons (Fsp3) is 0.190. The second kappa shape index (κ2) is 8.56. The molecule has 0 saturated heterocycles. The van der Waals surface area contributed by atoms with Crippen LogP contribution in [0.15, 0.2) is 64.5 Å². The number of aromatic nitrogens is 2. The molecule has 1 N–H and O–H groups in total. The third-order valence-corrected chi connectivity index (χ3v) is 5.12. The van der Waals surface area contributed by atoms with Gasteiger partial charge in [0.15, 0.2) is 5.16 Å². The van der Waals surface area contributed by atoms with Crippen LogP contribution in [0.4, 0.5) is 0 Å². The van der Waals surface area contributed by atoms with Crippen LogP contribution < -0.4 is 10.9 Å². The number of rotatable bonds is 6. The average molecular weight is 377 g/mol. The highest BCUT2D eigenvalue weighted by molar-refractivity contribution is 8.00. The Hall–Kier alpha value is -3.04. The predicted molar refractivity (Wildman–Crippen MR) is 109 cm³/mol. The number of carbonyl (C=O) groups is 1. The minimum absolute atomic E-state index is 0.122. The van der Waals surface area contributed by atoms with Gasteiger partial charge in [-0.2, -0.15) is 0 Å². The van der Waals surface area contributed by atoms with Crippen molar-refractivity contribution < 1.29 is 4.79 Å². The third kappa shape index (κ3) is 4.39. The molecule has 1 aromatic heterocycles. The van der Waals surface area contributed by atoms with E-state index in [2.05, 4.69) is 16.2 Å². The van der Waals surface area contributed by atoms with Crippen molar-refractivity contribution in [2.45, 2.75) is 23.9 Å². The number of nitrogens with zero attached hydrogens (tertiary/aromatic N) is 2. The molecular weight excluding hydrogens is 358 g/mol. The van der Waals surface area contributed by atoms with Gasteiger partial charge in [0, 0.05) is 0 Å². The van der Waals surface area contributed by atoms with Gasteiger partial charge < -0.3 is 5.32 Å². The molecule has 0 saturated carbocycles. The Balaban J connectivity index is 2.01. The zero-order valence-corrected chi connectivity index (χ0v) is 15.7. The highest BCUT2D eigenvalue weighted by Gasteiger charge is 2.19. The van der Waals surface area contributed by atoms with Crippen LogP contribution in [0.5, 0.6) is 0 Å². The van der Waals surface area contributed by atoms with E-state index >= 15 is 0 Å². The lowest BCUT2D eigenvalue weighted by Crippen LogP contribution is -2.32. The van der Waals surface area contributed by atoms with Crippen LogP contribution in [0, 0.1) is 12.3 Å². The molecule has 1 amide bonds. The van der Waals surface area contributed by atoms with Crippen molar-refractivity contribution in [3.63, 3.8) is 0 Å². The molecule has 0 spiro atoms. The van der Waals surface area contributed by atoms with Crippen molar-refractivity contribution in [1.29, 1.82) is 0 Å². The molecule has 3 aromatic rings. The van der Waals surface area contributed by atoms with Crippen molar-refractivity contribution in [2.75, 3.05) is 6.54 Å². The normalized spacial score (nSPS) is 11.7. The number of fused-ring (bicyclic) bond motifs is 1. The number of hydrogen-bond acceptors (Lipinski definition) is 4. The van der Waals surface area contributed by atoms with Crippen molar-refractivity contribution in [2.24, 2.45) is 0 Å². The average Bonchev–Trinajstić information content (AvgIpc) is 2.69. The lowest BCUT2D eigenvalue weighted by molar-refractivity contribution is -0.120. The molecule has 136 valence electrons. The molecule has 1 heterocycles. The smallest absolute Gasteiger partial charge is 0.262 e. The number of carbonyl (C=O) groups excluding carboxylic acids is 1. The summed E-state index contributed by atoms with van der Waals surface area (Å²) in [5.74, 6) is 2.19. The molecule has 5 nitrogen and oxygen atoms in total. The molecular formula is C21H19N3O2S. The Labute approximate surface area is 161 Å². The fourth-order valence-corrected chi connectivity index (χ4v) is 3.57. The van der Waals surface area contributed by atoms with E-state index in [-0.39, 0.29) is 18.0 Å². The number of amides is 1. The largest absolute Gasteiger partial charge is 0.344 e. The third-order valence-electron chi connectivity index (χ3n) is 4.03. The van der Waals surface area contributed by atoms with Crippen molar-refractivity contribution in [1.82, 2.24) is 14.9 Å². The maximum atomic E-state index is 13.1. The van der Waals surface area contributed by atoms with Crippen LogP contribution in [-0.2, 0) is 11.3 Å². The Morgan fingerprint density at radius 1 is 1.22 bits per heavy atom. The number of terminal acetylenes is 1. The van der Waals surface area contributed by atoms with Crippen molar-refractivity contribution >= 4 is 28.6 Å². The molecule has 1 unspecified atom stereocenters. The SMILES string of the molecule is C#CCNC(=O)C(C)Sc1nc2ccccc2c(=O)n1Cc1ccccc1. The molecule has 0 fully saturated rings. The Bertz CT molecular complexity index is 1050. The molecule has 0 aliphatic rings. The van der Waals surface area contributed by atoms with E-state index in [1.165, 1.54) is 11.8 Å². The van der Waals surface area contributed by atoms with Gasteiger partial charge in [-0.15, -0.1) is 6.42 Å². The van der Waals surface area contributed by atoms with Crippen LogP contribution in [0.2, 0.25) is 0 Å². The highest BCUT2D eigenvalue weighted by Crippen LogP contribution is 2.23. The van der Waals surface area contributed by atoms with Crippen LogP contribution in [0.3, 0.4) is 0 Å². The minimum atomic E-state index is -0.437. The number of thioether (sulfide) groups is 1. The molecule has 0 bridgehead atoms. The van der Waals surface area contributed by atoms with E-state index in [0.29, 0.717) is 22.6 Å². The molecule has 0 radical (unpaired) electrons. The van der Waals surface area contributed by atoms with Gasteiger partial charge in [0.05, 0.1) is 29.2 Å². The standard InChI is InChI=1S/C21H19N3O2S/c1-3-13-22-19(25)15(2)27-21-23-18-12-8-7-11-17(18)20(26)24(21)14-16-9-5-4-6-10-16/h1,4-12,15H,13-14H2,2H3,(H,22,25). The predicted octanol–water partition coefficient (Wildman–Crippen LogP) is 2.67. The second-order valence-electron chi connectivity index (χ2n) is 5.97. The summed E-state index contributed by atoms with van der Waals surface area (Å²) in [6.07, 6.45) is 5.19. The zero-order chi connectivity index (χ0) is 19.2. The first kappa shape index (κ1) is 18.7. The Morgan fingerprint density at radius 3 is 2.67 bits per heavy atom. The first-order valence-corrected chi connectivity index (χ1v) is 9.39. The monoisotopic (exact) mass is 377 g/mol. The van der Waals surface area contributed by atoms with Crippen LogP contribution in [-0.4, -0.2) is 27.3 Å². The second-order valence-corrected chi connectivity index (χ2v) is 7.28. The van der Waals surface area contributed by atoms with E-state index in [9.17, 15) is 9.59 Å². The van der Waals surface area contributed by atoms with Crippen molar-refractivity contribution in [3.05, 3.63) is 70.5 Å². The summed E-state index contributed by atoms with van der Waals surface area (Å²) in [6.45, 7) is 2.33. The Morgan fingerprint density at radius 2 is 1.93 bits per heavy atom. The summed E-state index contributed by atoms with van der Waals surface area (Å²) in [5, 5.41) is 3.29. The fourth-order valence-electron chi connectivity index (χ4n) is 2.64. The minimum Gasteiger partial charge on any atom is -0.344 e. The maximum absolute atomic E-state index is 13.1. The molecule has 2 aromatic carbocycles. The summed E-state index contributed by atoms with van der Waals surface area (Å²) >= 11 is 1.25. The van der Waals surface area contributed by atoms with Gasteiger partial charge >= 0.3 is 0 Å². The van der Waals surface area contributed by atoms with Crippen LogP contribution >= 0.6 is 11.8 Å². The maximum Gasteiger partial charge on any atom is 0.262 e. The molecule has 3 rings (SSSR count). The topological polar surface area (TPSA) is 64.0 Å². The molecule has 6 heteroatoms. The van der Waals surface area contributed by atoms with E-state index in [4.69, 9.17) is 6.42 Å². The van der Waals surface area contributed by atoms with Crippen molar-refractivity contribution in [3.8, 4) is 12.3 Å². The lowest BCUT2D eigenvalue weighted by Gasteiger charge is -2.16. The number of para-hydroxylation sites is 1. The molecule has 0 aliphatic carbocycles. The summed E-state index contributed by atoms with van der Waals surface area (Å²) in [5.41, 5.74) is 1.48. The number of benzene rings is 2. The van der Waals surface area contributed by atoms with Gasteiger partial charge in [-0.1, -0.05) is 60.1 Å². The van der Waals surface area contributed by atoms with Crippen LogP contribution in [0.1, 0.15) is 12.5 Å². The van der Waals surface area contributed by atoms with Gasteiger partial charge in [-0.25, -0.2) is 4.98 Å². The zero-order valence-electron chi connectivity index (χ0n) is 14.9. The van der Waals surface area contributed by atoms with E-state index in [1.54, 1.807) is 23.6 Å². The van der Waals surface area contributed by atoms with Gasteiger partial charge in [-0.05, 0) is 24.6 Å². The summed E-state index contributed by atoms with van der Waals surface area (Å²) < 4.78 is 1.62. The van der Waals surface area contributed by atoms with Gasteiger partial charge in [0.1, 0.15) is 0 Å². The number of hydrogen-bond donors (Lipinski definition) is 1. The van der Waals surface area contributed by atoms with E-state index in [1.807, 2.05) is 42.5 Å². The van der Waals surface area contributed by atoms with Gasteiger partial charge in [0.25, 0.3) is 5.56 Å². The Kier molecular flexibility index (Phi) is 5.94. The highest BCUT2D eigenvalue weighted by atomic mass is 32.2. The first-order chi connectivity index (χ1) is 13.1. The molecule has 27 heavy (non-hydrogen) atoms. The van der Waals surface area contributed by atoms with Gasteiger partial charge in [0.2, 0.25) is 5.91 Å². The van der Waals surface area contributed by atoms with E-state index in [0.717, 1.165) is 5.56 Å². The molecule has 0 aliphatic heterocycles. The number of nitrogens with one attached hydrogen (secondary N) is 1. The van der Waals surface area contributed by atoms with Crippen LogP contribution in [0.25, 0.3) is 10.9 Å². The quantitative estimate of drug-likeness (QED) is 0.408. The lowest BCUT2D eigenvalue weighted by atomic mass is 10.2. The van der Waals surface area contributed by atoms with Gasteiger partial charge in [-0.3, -0.25) is 14.2 Å². The van der Waals surface area contributed by atoms with E-state index < -0.39 is 5.25 Å². The summed E-state index contributed by atoms with van der Waals surface area (Å²) in [4.78, 5) is 29.9. The first-order valence-electron chi connectivity index (χ1n) is 8.51. The summed E-state index contributed by atoms with van der Waals surface area (Å²) in [7, 11) is 0.